The second-order valence-corrected chi connectivity index (χ2v) is 27.3. The molecule has 4 aliphatic carbocycles. The number of piperidine rings is 1. The van der Waals surface area contributed by atoms with Crippen molar-refractivity contribution < 1.29 is 38.6 Å². The minimum absolute atomic E-state index is 0.00644. The van der Waals surface area contributed by atoms with Crippen LogP contribution in [0.1, 0.15) is 171 Å². The van der Waals surface area contributed by atoms with Crippen molar-refractivity contribution in [2.45, 2.75) is 203 Å². The smallest absolute Gasteiger partial charge is 0.315 e. The molecule has 82 heavy (non-hydrogen) atoms. The number of aliphatic hydroxyl groups excluding tert-OH is 1. The van der Waals surface area contributed by atoms with Crippen molar-refractivity contribution in [1.82, 2.24) is 36.8 Å². The molecule has 14 atom stereocenters. The van der Waals surface area contributed by atoms with Gasteiger partial charge in [-0.2, -0.15) is 11.8 Å². The van der Waals surface area contributed by atoms with Crippen LogP contribution in [0.2, 0.25) is 0 Å². The van der Waals surface area contributed by atoms with Gasteiger partial charge in [-0.15, -0.1) is 0 Å². The van der Waals surface area contributed by atoms with Crippen LogP contribution in [0.15, 0.2) is 77.4 Å². The van der Waals surface area contributed by atoms with Crippen LogP contribution in [0.3, 0.4) is 0 Å². The molecular weight excluding hydrogens is 1050 g/mol. The van der Waals surface area contributed by atoms with Gasteiger partial charge in [0.05, 0.1) is 29.9 Å². The van der Waals surface area contributed by atoms with Gasteiger partial charge in [0.25, 0.3) is 0 Å². The highest BCUT2D eigenvalue weighted by Gasteiger charge is 2.61. The van der Waals surface area contributed by atoms with Crippen LogP contribution in [-0.2, 0) is 30.3 Å². The summed E-state index contributed by atoms with van der Waals surface area (Å²) >= 11 is 1.88. The number of benzene rings is 2. The fraction of sp³-hybridized carbons (Fsp3) is 0.667. The number of amides is 6. The Balaban J connectivity index is 0.641. The predicted molar refractivity (Wildman–Crippen MR) is 321 cm³/mol. The number of carbonyl (C=O) groups excluding carboxylic acids is 6. The van der Waals surface area contributed by atoms with Gasteiger partial charge in [0.1, 0.15) is 6.04 Å². The fourth-order valence-corrected chi connectivity index (χ4v) is 17.9. The van der Waals surface area contributed by atoms with E-state index in [0.717, 1.165) is 88.6 Å². The average Bonchev–Trinajstić information content (AvgIpc) is 4.24. The van der Waals surface area contributed by atoms with Gasteiger partial charge in [0, 0.05) is 92.5 Å². The van der Waals surface area contributed by atoms with E-state index in [9.17, 15) is 33.9 Å². The molecule has 6 fully saturated rings. The van der Waals surface area contributed by atoms with E-state index >= 15 is 0 Å². The Morgan fingerprint density at radius 3 is 2.32 bits per heavy atom. The first-order valence-electron chi connectivity index (χ1n) is 31.6. The van der Waals surface area contributed by atoms with E-state index < -0.39 is 6.04 Å². The van der Waals surface area contributed by atoms with Crippen molar-refractivity contribution in [3.05, 3.63) is 94.1 Å². The van der Waals surface area contributed by atoms with E-state index in [1.54, 1.807) is 29.8 Å². The molecule has 2 saturated carbocycles. The molecule has 2 aromatic rings. The number of allylic oxidation sites excluding steroid dienone is 2. The second kappa shape index (κ2) is 26.9. The molecule has 0 aromatic heterocycles. The Kier molecular flexibility index (Phi) is 19.7. The number of ketones is 1. The van der Waals surface area contributed by atoms with Crippen LogP contribution in [0, 0.1) is 35.0 Å². The summed E-state index contributed by atoms with van der Waals surface area (Å²) in [4.78, 5) is 80.3. The number of likely N-dealkylation sites (tertiary alicyclic amines) is 1. The van der Waals surface area contributed by atoms with Crippen LogP contribution in [0.4, 0.5) is 4.79 Å². The molecule has 4 heterocycles. The van der Waals surface area contributed by atoms with E-state index in [1.165, 1.54) is 24.0 Å². The molecule has 0 radical (unpaired) electrons. The molecule has 2 aromatic carbocycles. The van der Waals surface area contributed by atoms with Crippen LogP contribution >= 0.6 is 11.8 Å². The van der Waals surface area contributed by atoms with Gasteiger partial charge in [0.15, 0.2) is 5.78 Å². The maximum Gasteiger partial charge on any atom is 0.315 e. The monoisotopic (exact) mass is 1140 g/mol. The molecule has 0 bridgehead atoms. The summed E-state index contributed by atoms with van der Waals surface area (Å²) in [5.41, 5.74) is 6.63. The van der Waals surface area contributed by atoms with Crippen molar-refractivity contribution in [3.63, 3.8) is 0 Å². The van der Waals surface area contributed by atoms with E-state index in [0.29, 0.717) is 110 Å². The lowest BCUT2D eigenvalue weighted by atomic mass is 9.56. The molecule has 4 aliphatic heterocycles. The number of carbonyl (C=O) groups is 6. The van der Waals surface area contributed by atoms with Gasteiger partial charge < -0.3 is 41.7 Å². The van der Waals surface area contributed by atoms with Gasteiger partial charge in [-0.05, 0) is 137 Å². The SMILES string of the molecule is CC1=C2CC3C(CC=C4CC(O)CCC43C)C2CCC12OC1CC(C)CN(CCNC(=O)CCCCCNC(=O)C(Cc3ccc(C(=O)c4ccccc4)cc3)NC(=O)CCCCNC(=O)CCCCC3SCC4NC(=O)NC43)C1C2C. The Morgan fingerprint density at radius 1 is 0.817 bits per heavy atom. The summed E-state index contributed by atoms with van der Waals surface area (Å²) in [7, 11) is 0. The average molecular weight is 1140 g/mol. The Morgan fingerprint density at radius 2 is 1.52 bits per heavy atom. The molecule has 16 heteroatoms. The lowest BCUT2D eigenvalue weighted by Crippen LogP contribution is -2.54. The van der Waals surface area contributed by atoms with Gasteiger partial charge in [-0.1, -0.05) is 105 Å². The lowest BCUT2D eigenvalue weighted by molar-refractivity contribution is -0.129. The van der Waals surface area contributed by atoms with E-state index in [2.05, 4.69) is 70.6 Å². The van der Waals surface area contributed by atoms with E-state index in [4.69, 9.17) is 4.74 Å². The number of thioether (sulfide) groups is 1. The lowest BCUT2D eigenvalue weighted by Gasteiger charge is -2.49. The first-order chi connectivity index (χ1) is 39.6. The van der Waals surface area contributed by atoms with Crippen LogP contribution in [-0.4, -0.2) is 131 Å². The number of unbranched alkanes of at least 4 members (excludes halogenated alkanes) is 4. The van der Waals surface area contributed by atoms with Crippen LogP contribution in [0.5, 0.6) is 0 Å². The number of rotatable bonds is 25. The van der Waals surface area contributed by atoms with Gasteiger partial charge in [-0.3, -0.25) is 28.9 Å². The summed E-state index contributed by atoms with van der Waals surface area (Å²) in [5.74, 6) is 3.20. The second-order valence-electron chi connectivity index (χ2n) is 26.1. The van der Waals surface area contributed by atoms with E-state index in [-0.39, 0.29) is 83.6 Å². The number of urea groups is 1. The third-order valence-corrected chi connectivity index (χ3v) is 22.3. The number of fused-ring (bicyclic) bond motifs is 7. The molecule has 1 spiro atoms. The fourth-order valence-electron chi connectivity index (χ4n) is 16.3. The van der Waals surface area contributed by atoms with Crippen LogP contribution < -0.4 is 31.9 Å². The van der Waals surface area contributed by atoms with Crippen molar-refractivity contribution >= 4 is 47.2 Å². The third kappa shape index (κ3) is 13.6. The number of nitrogens with one attached hydrogen (secondary N) is 6. The molecule has 6 amide bonds. The highest BCUT2D eigenvalue weighted by atomic mass is 32.2. The summed E-state index contributed by atoms with van der Waals surface area (Å²) < 4.78 is 7.38. The zero-order valence-corrected chi connectivity index (χ0v) is 50.1. The summed E-state index contributed by atoms with van der Waals surface area (Å²) in [5, 5.41) is 29.1. The molecular formula is C66H93N7O8S. The highest BCUT2D eigenvalue weighted by molar-refractivity contribution is 8.00. The Hall–Kier alpha value is -5.03. The van der Waals surface area contributed by atoms with Crippen molar-refractivity contribution in [2.24, 2.45) is 35.0 Å². The summed E-state index contributed by atoms with van der Waals surface area (Å²) in [6.07, 6.45) is 18.3. The molecule has 10 rings (SSSR count). The quantitative estimate of drug-likeness (QED) is 0.0219. The molecule has 4 saturated heterocycles. The number of hydrogen-bond donors (Lipinski definition) is 7. The Bertz CT molecular complexity index is 2680. The van der Waals surface area contributed by atoms with Crippen molar-refractivity contribution in [2.75, 3.05) is 38.5 Å². The van der Waals surface area contributed by atoms with Gasteiger partial charge in [0.2, 0.25) is 23.6 Å². The zero-order chi connectivity index (χ0) is 57.5. The minimum Gasteiger partial charge on any atom is -0.393 e. The first kappa shape index (κ1) is 60.1. The largest absolute Gasteiger partial charge is 0.393 e. The number of aliphatic hydroxyl groups is 1. The number of hydrogen-bond acceptors (Lipinski definition) is 10. The first-order valence-corrected chi connectivity index (χ1v) is 32.6. The molecule has 14 unspecified atom stereocenters. The number of nitrogens with zero attached hydrogens (tertiary/aromatic N) is 1. The molecule has 8 aliphatic rings. The van der Waals surface area contributed by atoms with Crippen LogP contribution in [0.25, 0.3) is 0 Å². The third-order valence-electron chi connectivity index (χ3n) is 20.8. The minimum atomic E-state index is -0.831. The van der Waals surface area contributed by atoms with Gasteiger partial charge in [-0.25, -0.2) is 4.79 Å². The predicted octanol–water partition coefficient (Wildman–Crippen LogP) is 8.48. The zero-order valence-electron chi connectivity index (χ0n) is 49.2. The standard InChI is InChI=1S/C66H93N7O8S/c1-41-35-55-61(43(3)66(81-55)30-28-49-50-26-25-47-37-48(74)27-29-65(47,4)52(50)38-51(49)42(66)2)73(39-41)34-33-68-58(76)18-9-6-13-32-69-63(79)53(36-44-21-23-46(24-22-44)62(78)45-15-7-5-8-16-45)70-59(77)20-12-14-31-67-57(75)19-11-10-17-56-60-54(40-82-56)71-64(80)72-60/h5,7-8,15-16,21-25,41,43,48-50,52-56,60-61,74H,6,9-14,17-20,26-40H2,1-4H3,(H,67,75)(H,68,76)(H,69,79)(H,70,77)(H2,71,72,80). The normalized spacial score (nSPS) is 32.0. The highest BCUT2D eigenvalue weighted by Crippen LogP contribution is 2.65. The molecule has 446 valence electrons. The maximum atomic E-state index is 13.8. The summed E-state index contributed by atoms with van der Waals surface area (Å²) in [6.45, 7) is 13.0. The topological polar surface area (TPSA) is 207 Å². The number of ether oxygens (including phenoxy) is 1. The van der Waals surface area contributed by atoms with Crippen molar-refractivity contribution in [3.8, 4) is 0 Å². The molecule has 15 nitrogen and oxygen atoms in total. The maximum absolute atomic E-state index is 13.8. The molecule has 7 N–H and O–H groups in total. The summed E-state index contributed by atoms with van der Waals surface area (Å²) in [6, 6.07) is 16.0. The Labute approximate surface area is 491 Å². The van der Waals surface area contributed by atoms with Gasteiger partial charge >= 0.3 is 6.03 Å². The van der Waals surface area contributed by atoms with Crippen molar-refractivity contribution in [1.29, 1.82) is 0 Å². The van der Waals surface area contributed by atoms with E-state index in [1.807, 2.05) is 42.1 Å².